The molecule has 16 heavy (non-hydrogen) atoms. The number of sulfone groups is 1. The summed E-state index contributed by atoms with van der Waals surface area (Å²) in [6, 6.07) is 0. The van der Waals surface area contributed by atoms with E-state index in [1.54, 1.807) is 0 Å². The van der Waals surface area contributed by atoms with Crippen molar-refractivity contribution in [1.82, 2.24) is 4.72 Å². The first kappa shape index (κ1) is 12.3. The first-order valence-electron chi connectivity index (χ1n) is 5.22. The predicted octanol–water partition coefficient (Wildman–Crippen LogP) is -0.771. The monoisotopic (exact) mass is 269 g/mol. The summed E-state index contributed by atoms with van der Waals surface area (Å²) in [5.74, 6) is -0.306. The molecule has 1 N–H and O–H groups in total. The van der Waals surface area contributed by atoms with Gasteiger partial charge in [0.05, 0.1) is 16.8 Å². The van der Waals surface area contributed by atoms with Crippen LogP contribution in [0.25, 0.3) is 0 Å². The predicted molar refractivity (Wildman–Crippen MR) is 58.1 cm³/mol. The fraction of sp³-hybridized carbons (Fsp3) is 1.00. The van der Waals surface area contributed by atoms with Gasteiger partial charge in [0.2, 0.25) is 10.0 Å². The fourth-order valence-electron chi connectivity index (χ4n) is 1.96. The Kier molecular flexibility index (Phi) is 3.26. The summed E-state index contributed by atoms with van der Waals surface area (Å²) >= 11 is 0. The molecule has 0 aromatic heterocycles. The first-order valence-corrected chi connectivity index (χ1v) is 8.59. The zero-order valence-electron chi connectivity index (χ0n) is 8.76. The standard InChI is InChI=1S/C8H15NO5S2/c10-15(11)5-3-7(6-15)16(12,13)9-8-2-1-4-14-8/h7-9H,1-6H2. The van der Waals surface area contributed by atoms with Crippen molar-refractivity contribution in [2.75, 3.05) is 18.1 Å². The van der Waals surface area contributed by atoms with Crippen LogP contribution in [0.3, 0.4) is 0 Å². The minimum atomic E-state index is -3.57. The molecule has 0 spiro atoms. The summed E-state index contributed by atoms with van der Waals surface area (Å²) in [7, 11) is -6.74. The molecule has 2 fully saturated rings. The van der Waals surface area contributed by atoms with Crippen LogP contribution >= 0.6 is 0 Å². The van der Waals surface area contributed by atoms with E-state index in [0.29, 0.717) is 13.0 Å². The van der Waals surface area contributed by atoms with E-state index in [0.717, 1.165) is 6.42 Å². The van der Waals surface area contributed by atoms with Crippen LogP contribution in [0.4, 0.5) is 0 Å². The molecule has 2 saturated heterocycles. The molecular weight excluding hydrogens is 254 g/mol. The summed E-state index contributed by atoms with van der Waals surface area (Å²) in [5, 5.41) is -0.818. The van der Waals surface area contributed by atoms with Gasteiger partial charge in [0.1, 0.15) is 6.23 Å². The molecule has 0 aromatic carbocycles. The molecular formula is C8H15NO5S2. The lowest BCUT2D eigenvalue weighted by Gasteiger charge is -2.15. The lowest BCUT2D eigenvalue weighted by Crippen LogP contribution is -2.41. The summed E-state index contributed by atoms with van der Waals surface area (Å²) < 4.78 is 53.6. The van der Waals surface area contributed by atoms with Crippen LogP contribution in [0.2, 0.25) is 0 Å². The van der Waals surface area contributed by atoms with E-state index in [2.05, 4.69) is 4.72 Å². The van der Waals surface area contributed by atoms with Crippen molar-refractivity contribution < 1.29 is 21.6 Å². The molecule has 0 aliphatic carbocycles. The number of ether oxygens (including phenoxy) is 1. The second kappa shape index (κ2) is 4.25. The number of rotatable bonds is 3. The van der Waals surface area contributed by atoms with Crippen molar-refractivity contribution in [2.45, 2.75) is 30.7 Å². The maximum absolute atomic E-state index is 11.8. The molecule has 2 atom stereocenters. The highest BCUT2D eigenvalue weighted by molar-refractivity contribution is 7.95. The minimum Gasteiger partial charge on any atom is -0.362 e. The van der Waals surface area contributed by atoms with E-state index < -0.39 is 31.3 Å². The van der Waals surface area contributed by atoms with Gasteiger partial charge in [-0.3, -0.25) is 0 Å². The second-order valence-electron chi connectivity index (χ2n) is 4.19. The smallest absolute Gasteiger partial charge is 0.217 e. The van der Waals surface area contributed by atoms with E-state index in [1.807, 2.05) is 0 Å². The van der Waals surface area contributed by atoms with Crippen LogP contribution in [-0.2, 0) is 24.6 Å². The Bertz CT molecular complexity index is 449. The molecule has 94 valence electrons. The summed E-state index contributed by atoms with van der Waals surface area (Å²) in [5.41, 5.74) is 0. The molecule has 6 nitrogen and oxygen atoms in total. The average Bonchev–Trinajstić information content (AvgIpc) is 2.74. The SMILES string of the molecule is O=S1(=O)CCC(S(=O)(=O)NC2CCCO2)C1. The highest BCUT2D eigenvalue weighted by Crippen LogP contribution is 2.20. The maximum Gasteiger partial charge on any atom is 0.217 e. The molecule has 0 radical (unpaired) electrons. The highest BCUT2D eigenvalue weighted by atomic mass is 32.2. The van der Waals surface area contributed by atoms with Gasteiger partial charge in [0.15, 0.2) is 9.84 Å². The average molecular weight is 269 g/mol. The van der Waals surface area contributed by atoms with Crippen LogP contribution in [0.1, 0.15) is 19.3 Å². The summed E-state index contributed by atoms with van der Waals surface area (Å²) in [4.78, 5) is 0. The van der Waals surface area contributed by atoms with Crippen LogP contribution < -0.4 is 4.72 Å². The normalized spacial score (nSPS) is 34.2. The van der Waals surface area contributed by atoms with E-state index in [1.165, 1.54) is 0 Å². The van der Waals surface area contributed by atoms with Crippen molar-refractivity contribution in [1.29, 1.82) is 0 Å². The van der Waals surface area contributed by atoms with Gasteiger partial charge in [-0.05, 0) is 19.3 Å². The Hall–Kier alpha value is -0.180. The lowest BCUT2D eigenvalue weighted by molar-refractivity contribution is 0.103. The van der Waals surface area contributed by atoms with Crippen molar-refractivity contribution in [2.24, 2.45) is 0 Å². The third kappa shape index (κ3) is 2.73. The molecule has 2 rings (SSSR count). The number of hydrogen-bond acceptors (Lipinski definition) is 5. The van der Waals surface area contributed by atoms with Gasteiger partial charge in [0.25, 0.3) is 0 Å². The van der Waals surface area contributed by atoms with Gasteiger partial charge in [-0.25, -0.2) is 16.8 Å². The highest BCUT2D eigenvalue weighted by Gasteiger charge is 2.38. The summed E-state index contributed by atoms with van der Waals surface area (Å²) in [6.45, 7) is 0.552. The summed E-state index contributed by atoms with van der Waals surface area (Å²) in [6.07, 6.45) is 1.19. The Balaban J connectivity index is 2.02. The topological polar surface area (TPSA) is 89.5 Å². The van der Waals surface area contributed by atoms with Crippen LogP contribution in [0, 0.1) is 0 Å². The zero-order valence-corrected chi connectivity index (χ0v) is 10.4. The molecule has 0 saturated carbocycles. The molecule has 8 heteroatoms. The van der Waals surface area contributed by atoms with Crippen molar-refractivity contribution in [3.8, 4) is 0 Å². The van der Waals surface area contributed by atoms with E-state index >= 15 is 0 Å². The van der Waals surface area contributed by atoms with Crippen LogP contribution in [-0.4, -0.2) is 46.4 Å². The van der Waals surface area contributed by atoms with Crippen molar-refractivity contribution in [3.63, 3.8) is 0 Å². The fourth-order valence-corrected chi connectivity index (χ4v) is 6.16. The van der Waals surface area contributed by atoms with Crippen LogP contribution in [0.5, 0.6) is 0 Å². The maximum atomic E-state index is 11.8. The van der Waals surface area contributed by atoms with E-state index in [-0.39, 0.29) is 17.9 Å². The Morgan fingerprint density at radius 1 is 1.25 bits per heavy atom. The lowest BCUT2D eigenvalue weighted by atomic mass is 10.3. The van der Waals surface area contributed by atoms with Gasteiger partial charge in [-0.2, -0.15) is 4.72 Å². The quantitative estimate of drug-likeness (QED) is 0.726. The van der Waals surface area contributed by atoms with Crippen molar-refractivity contribution >= 4 is 19.9 Å². The van der Waals surface area contributed by atoms with Gasteiger partial charge < -0.3 is 4.74 Å². The molecule has 2 aliphatic heterocycles. The molecule has 0 aromatic rings. The van der Waals surface area contributed by atoms with Gasteiger partial charge in [0, 0.05) is 6.61 Å². The Morgan fingerprint density at radius 3 is 2.50 bits per heavy atom. The van der Waals surface area contributed by atoms with Gasteiger partial charge in [-0.1, -0.05) is 0 Å². The second-order valence-corrected chi connectivity index (χ2v) is 8.41. The van der Waals surface area contributed by atoms with Crippen LogP contribution in [0.15, 0.2) is 0 Å². The molecule has 2 heterocycles. The third-order valence-electron chi connectivity index (χ3n) is 2.85. The molecule has 2 unspecified atom stereocenters. The van der Waals surface area contributed by atoms with E-state index in [4.69, 9.17) is 4.74 Å². The molecule has 0 bridgehead atoms. The first-order chi connectivity index (χ1) is 7.39. The molecule has 2 aliphatic rings. The van der Waals surface area contributed by atoms with Crippen molar-refractivity contribution in [3.05, 3.63) is 0 Å². The largest absolute Gasteiger partial charge is 0.362 e. The Morgan fingerprint density at radius 2 is 2.00 bits per heavy atom. The number of nitrogens with one attached hydrogen (secondary N) is 1. The number of sulfonamides is 1. The van der Waals surface area contributed by atoms with E-state index in [9.17, 15) is 16.8 Å². The third-order valence-corrected chi connectivity index (χ3v) is 6.71. The zero-order chi connectivity index (χ0) is 11.8. The van der Waals surface area contributed by atoms with Gasteiger partial charge >= 0.3 is 0 Å². The Labute approximate surface area is 95.3 Å². The molecule has 0 amide bonds. The number of hydrogen-bond donors (Lipinski definition) is 1. The minimum absolute atomic E-state index is 0.0376. The van der Waals surface area contributed by atoms with Gasteiger partial charge in [-0.15, -0.1) is 0 Å².